The van der Waals surface area contributed by atoms with E-state index in [-0.39, 0.29) is 35.7 Å². The molecule has 1 amide bonds. The van der Waals surface area contributed by atoms with Gasteiger partial charge in [-0.15, -0.1) is 0 Å². The molecular formula is C16H19NOSn. The second-order valence-corrected chi connectivity index (χ2v) is 4.49. The van der Waals surface area contributed by atoms with Crippen LogP contribution in [-0.4, -0.2) is 48.8 Å². The molecule has 0 aliphatic rings. The number of hydrogen-bond acceptors (Lipinski definition) is 1. The first-order valence-electron chi connectivity index (χ1n) is 6.01. The van der Waals surface area contributed by atoms with Gasteiger partial charge >= 0.3 is 23.9 Å². The molecule has 2 radical (unpaired) electrons. The zero-order chi connectivity index (χ0) is 13.0. The number of amides is 1. The number of carbonyl (C=O) groups is 1. The van der Waals surface area contributed by atoms with Crippen molar-refractivity contribution in [3.63, 3.8) is 0 Å². The fourth-order valence-electron chi connectivity index (χ4n) is 2.03. The van der Waals surface area contributed by atoms with Crippen LogP contribution in [0, 0.1) is 0 Å². The third-order valence-corrected chi connectivity index (χ3v) is 2.95. The Morgan fingerprint density at radius 3 is 1.53 bits per heavy atom. The van der Waals surface area contributed by atoms with Crippen molar-refractivity contribution in [2.45, 2.75) is 5.92 Å². The molecular weight excluding hydrogens is 341 g/mol. The van der Waals surface area contributed by atoms with Gasteiger partial charge in [0.1, 0.15) is 0 Å². The molecule has 0 atom stereocenters. The Hall–Kier alpha value is -1.29. The molecule has 0 fully saturated rings. The molecule has 0 bridgehead atoms. The van der Waals surface area contributed by atoms with Gasteiger partial charge < -0.3 is 4.90 Å². The molecule has 0 saturated heterocycles. The number of likely N-dealkylation sites (N-methyl/N-ethyl adjacent to an activating group) is 1. The van der Waals surface area contributed by atoms with Gasteiger partial charge in [0.25, 0.3) is 0 Å². The summed E-state index contributed by atoms with van der Waals surface area (Å²) in [6.07, 6.45) is 0. The summed E-state index contributed by atoms with van der Waals surface area (Å²) < 4.78 is 0. The molecule has 2 rings (SSSR count). The zero-order valence-corrected chi connectivity index (χ0v) is 15.4. The van der Waals surface area contributed by atoms with Crippen molar-refractivity contribution in [3.8, 4) is 0 Å². The first-order valence-corrected chi connectivity index (χ1v) is 6.01. The molecule has 0 heterocycles. The molecule has 0 aliphatic heterocycles. The second-order valence-electron chi connectivity index (χ2n) is 4.49. The SMILES string of the molecule is CN(C)C(=O)C(c1ccccc1)c1ccccc1.[SnH2]. The molecule has 2 aromatic rings. The average Bonchev–Trinajstić information content (AvgIpc) is 2.41. The quantitative estimate of drug-likeness (QED) is 0.767. The topological polar surface area (TPSA) is 20.3 Å². The van der Waals surface area contributed by atoms with Crippen LogP contribution in [0.4, 0.5) is 0 Å². The predicted octanol–water partition coefficient (Wildman–Crippen LogP) is 1.99. The summed E-state index contributed by atoms with van der Waals surface area (Å²) in [5.74, 6) is -0.116. The van der Waals surface area contributed by atoms with Gasteiger partial charge in [-0.05, 0) is 11.1 Å². The van der Waals surface area contributed by atoms with E-state index in [2.05, 4.69) is 0 Å². The summed E-state index contributed by atoms with van der Waals surface area (Å²) in [5, 5.41) is 0. The Bertz CT molecular complexity index is 471. The molecule has 0 saturated carbocycles. The Morgan fingerprint density at radius 2 is 1.21 bits per heavy atom. The molecule has 19 heavy (non-hydrogen) atoms. The Balaban J connectivity index is 0.00000180. The van der Waals surface area contributed by atoms with E-state index in [1.807, 2.05) is 60.7 Å². The van der Waals surface area contributed by atoms with Gasteiger partial charge in [0.05, 0.1) is 5.92 Å². The van der Waals surface area contributed by atoms with E-state index in [4.69, 9.17) is 0 Å². The maximum absolute atomic E-state index is 12.4. The van der Waals surface area contributed by atoms with E-state index < -0.39 is 0 Å². The number of hydrogen-bond donors (Lipinski definition) is 0. The monoisotopic (exact) mass is 361 g/mol. The van der Waals surface area contributed by atoms with Crippen LogP contribution in [-0.2, 0) is 4.79 Å². The van der Waals surface area contributed by atoms with Crippen molar-refractivity contribution < 1.29 is 4.79 Å². The minimum atomic E-state index is -0.220. The van der Waals surface area contributed by atoms with Crippen LogP contribution in [0.25, 0.3) is 0 Å². The van der Waals surface area contributed by atoms with E-state index in [9.17, 15) is 4.79 Å². The second kappa shape index (κ2) is 7.34. The van der Waals surface area contributed by atoms with Crippen LogP contribution >= 0.6 is 0 Å². The van der Waals surface area contributed by atoms with Crippen molar-refractivity contribution in [3.05, 3.63) is 71.8 Å². The fraction of sp³-hybridized carbons (Fsp3) is 0.188. The standard InChI is InChI=1S/C16H17NO.Sn.2H/c1-17(2)16(18)15(13-9-5-3-6-10-13)14-11-7-4-8-12-14;;;/h3-12,15H,1-2H3;;;. The molecule has 98 valence electrons. The molecule has 0 N–H and O–H groups in total. The van der Waals surface area contributed by atoms with Crippen LogP contribution in [0.15, 0.2) is 60.7 Å². The minimum absolute atomic E-state index is 0. The van der Waals surface area contributed by atoms with E-state index >= 15 is 0 Å². The number of carbonyl (C=O) groups excluding carboxylic acids is 1. The first kappa shape index (κ1) is 15.8. The van der Waals surface area contributed by atoms with Gasteiger partial charge in [-0.25, -0.2) is 0 Å². The third kappa shape index (κ3) is 3.83. The Kier molecular flexibility index (Phi) is 6.09. The summed E-state index contributed by atoms with van der Waals surface area (Å²) in [5.41, 5.74) is 2.06. The molecule has 2 nitrogen and oxygen atoms in total. The van der Waals surface area contributed by atoms with Crippen molar-refractivity contribution >= 4 is 29.8 Å². The van der Waals surface area contributed by atoms with Crippen LogP contribution in [0.2, 0.25) is 0 Å². The number of rotatable bonds is 3. The van der Waals surface area contributed by atoms with Gasteiger partial charge in [0.2, 0.25) is 5.91 Å². The van der Waals surface area contributed by atoms with E-state index in [1.54, 1.807) is 19.0 Å². The normalized spacial score (nSPS) is 9.84. The molecule has 0 aromatic heterocycles. The summed E-state index contributed by atoms with van der Waals surface area (Å²) in [7, 11) is 3.59. The van der Waals surface area contributed by atoms with E-state index in [0.717, 1.165) is 11.1 Å². The molecule has 0 spiro atoms. The molecule has 0 aliphatic carbocycles. The number of benzene rings is 2. The van der Waals surface area contributed by atoms with Gasteiger partial charge in [-0.3, -0.25) is 4.79 Å². The average molecular weight is 360 g/mol. The third-order valence-electron chi connectivity index (χ3n) is 2.95. The van der Waals surface area contributed by atoms with Crippen molar-refractivity contribution in [2.24, 2.45) is 0 Å². The van der Waals surface area contributed by atoms with E-state index in [1.165, 1.54) is 0 Å². The van der Waals surface area contributed by atoms with Gasteiger partial charge in [0, 0.05) is 14.1 Å². The van der Waals surface area contributed by atoms with Crippen molar-refractivity contribution in [1.29, 1.82) is 0 Å². The zero-order valence-electron chi connectivity index (χ0n) is 11.4. The maximum atomic E-state index is 12.4. The number of nitrogens with zero attached hydrogens (tertiary/aromatic N) is 1. The van der Waals surface area contributed by atoms with Crippen molar-refractivity contribution in [1.82, 2.24) is 4.90 Å². The van der Waals surface area contributed by atoms with Gasteiger partial charge in [-0.2, -0.15) is 0 Å². The summed E-state index contributed by atoms with van der Waals surface area (Å²) >= 11 is 0. The molecule has 0 unspecified atom stereocenters. The van der Waals surface area contributed by atoms with Crippen LogP contribution in [0.5, 0.6) is 0 Å². The predicted molar refractivity (Wildman–Crippen MR) is 82.0 cm³/mol. The molecule has 3 heteroatoms. The van der Waals surface area contributed by atoms with Crippen molar-refractivity contribution in [2.75, 3.05) is 14.1 Å². The summed E-state index contributed by atoms with van der Waals surface area (Å²) in [4.78, 5) is 14.0. The van der Waals surface area contributed by atoms with Gasteiger partial charge in [-0.1, -0.05) is 60.7 Å². The summed E-state index contributed by atoms with van der Waals surface area (Å²) in [6.45, 7) is 0. The van der Waals surface area contributed by atoms with Gasteiger partial charge in [0.15, 0.2) is 0 Å². The van der Waals surface area contributed by atoms with Crippen LogP contribution in [0.3, 0.4) is 0 Å². The first-order chi connectivity index (χ1) is 8.70. The van der Waals surface area contributed by atoms with Crippen LogP contribution in [0.1, 0.15) is 17.0 Å². The Labute approximate surface area is 131 Å². The summed E-state index contributed by atoms with van der Waals surface area (Å²) in [6, 6.07) is 19.8. The van der Waals surface area contributed by atoms with E-state index in [0.29, 0.717) is 0 Å². The van der Waals surface area contributed by atoms with Crippen LogP contribution < -0.4 is 0 Å². The molecule has 2 aromatic carbocycles. The fourth-order valence-corrected chi connectivity index (χ4v) is 2.03. The Morgan fingerprint density at radius 1 is 0.842 bits per heavy atom.